The zero-order valence-electron chi connectivity index (χ0n) is 10.9. The Morgan fingerprint density at radius 2 is 2.05 bits per heavy atom. The highest BCUT2D eigenvalue weighted by atomic mass is 16.6. The Kier molecular flexibility index (Phi) is 3.13. The third-order valence-corrected chi connectivity index (χ3v) is 3.45. The molecule has 0 aliphatic heterocycles. The Balaban J connectivity index is 1.87. The van der Waals surface area contributed by atoms with Gasteiger partial charge in [0.1, 0.15) is 6.33 Å². The van der Waals surface area contributed by atoms with Crippen molar-refractivity contribution in [3.63, 3.8) is 0 Å². The van der Waals surface area contributed by atoms with Gasteiger partial charge in [0.2, 0.25) is 0 Å². The largest absolute Gasteiger partial charge is 0.480 e. The summed E-state index contributed by atoms with van der Waals surface area (Å²) in [6, 6.07) is 5.14. The third kappa shape index (κ3) is 2.60. The molecule has 1 fully saturated rings. The van der Waals surface area contributed by atoms with Crippen LogP contribution < -0.4 is 0 Å². The van der Waals surface area contributed by atoms with E-state index in [1.807, 2.05) is 0 Å². The SMILES string of the molecule is O=C(O)C(C1CC1)n1cnc(-c2ccc([N+](=O)[O-])cc2)n1. The molecule has 1 aliphatic carbocycles. The maximum atomic E-state index is 11.3. The molecule has 1 atom stereocenters. The standard InChI is InChI=1S/C13H12N4O4/c18-13(19)11(8-1-2-8)16-7-14-12(15-16)9-3-5-10(6-4-9)17(20)21/h3-8,11H,1-2H2,(H,18,19). The Morgan fingerprint density at radius 1 is 1.38 bits per heavy atom. The number of hydrogen-bond acceptors (Lipinski definition) is 5. The van der Waals surface area contributed by atoms with Gasteiger partial charge in [-0.15, -0.1) is 0 Å². The summed E-state index contributed by atoms with van der Waals surface area (Å²) in [4.78, 5) is 25.5. The van der Waals surface area contributed by atoms with Crippen LogP contribution in [0.25, 0.3) is 11.4 Å². The van der Waals surface area contributed by atoms with E-state index in [2.05, 4.69) is 10.1 Å². The summed E-state index contributed by atoms with van der Waals surface area (Å²) >= 11 is 0. The number of nitrogens with zero attached hydrogens (tertiary/aromatic N) is 4. The summed E-state index contributed by atoms with van der Waals surface area (Å²) < 4.78 is 1.36. The lowest BCUT2D eigenvalue weighted by Crippen LogP contribution is -2.21. The molecule has 1 N–H and O–H groups in total. The average Bonchev–Trinajstić information content (AvgIpc) is 3.15. The van der Waals surface area contributed by atoms with E-state index < -0.39 is 16.9 Å². The van der Waals surface area contributed by atoms with Crippen LogP contribution in [0.1, 0.15) is 18.9 Å². The van der Waals surface area contributed by atoms with Crippen LogP contribution in [-0.2, 0) is 4.79 Å². The first-order valence-corrected chi connectivity index (χ1v) is 6.45. The van der Waals surface area contributed by atoms with Crippen LogP contribution in [0.15, 0.2) is 30.6 Å². The quantitative estimate of drug-likeness (QED) is 0.664. The van der Waals surface area contributed by atoms with Crippen LogP contribution in [0, 0.1) is 16.0 Å². The molecule has 1 aromatic carbocycles. The molecule has 0 radical (unpaired) electrons. The second-order valence-corrected chi connectivity index (χ2v) is 4.97. The van der Waals surface area contributed by atoms with Gasteiger partial charge in [0.05, 0.1) is 4.92 Å². The second-order valence-electron chi connectivity index (χ2n) is 4.97. The van der Waals surface area contributed by atoms with Gasteiger partial charge in [-0.3, -0.25) is 10.1 Å². The van der Waals surface area contributed by atoms with E-state index in [-0.39, 0.29) is 11.6 Å². The highest BCUT2D eigenvalue weighted by Gasteiger charge is 2.38. The predicted octanol–water partition coefficient (Wildman–Crippen LogP) is 1.89. The third-order valence-electron chi connectivity index (χ3n) is 3.45. The number of non-ortho nitro benzene ring substituents is 1. The molecule has 0 bridgehead atoms. The fourth-order valence-electron chi connectivity index (χ4n) is 2.22. The molecule has 1 aliphatic rings. The number of carboxylic acids is 1. The molecule has 1 unspecified atom stereocenters. The van der Waals surface area contributed by atoms with Crippen LogP contribution in [-0.4, -0.2) is 30.8 Å². The first-order chi connectivity index (χ1) is 10.1. The smallest absolute Gasteiger partial charge is 0.328 e. The molecular weight excluding hydrogens is 276 g/mol. The summed E-state index contributed by atoms with van der Waals surface area (Å²) in [6.45, 7) is 0. The van der Waals surface area contributed by atoms with Crippen molar-refractivity contribution in [3.8, 4) is 11.4 Å². The minimum absolute atomic E-state index is 0.0143. The fourth-order valence-corrected chi connectivity index (χ4v) is 2.22. The number of aromatic nitrogens is 3. The minimum Gasteiger partial charge on any atom is -0.480 e. The van der Waals surface area contributed by atoms with E-state index in [0.717, 1.165) is 12.8 Å². The van der Waals surface area contributed by atoms with Gasteiger partial charge >= 0.3 is 5.97 Å². The van der Waals surface area contributed by atoms with Crippen LogP contribution in [0.5, 0.6) is 0 Å². The Hall–Kier alpha value is -2.77. The van der Waals surface area contributed by atoms with Gasteiger partial charge in [-0.2, -0.15) is 5.10 Å². The lowest BCUT2D eigenvalue weighted by Gasteiger charge is -2.10. The predicted molar refractivity (Wildman–Crippen MR) is 71.5 cm³/mol. The van der Waals surface area contributed by atoms with E-state index in [1.165, 1.54) is 23.1 Å². The van der Waals surface area contributed by atoms with Crippen molar-refractivity contribution in [2.24, 2.45) is 5.92 Å². The van der Waals surface area contributed by atoms with E-state index >= 15 is 0 Å². The van der Waals surface area contributed by atoms with Crippen LogP contribution in [0.2, 0.25) is 0 Å². The van der Waals surface area contributed by atoms with Crippen molar-refractivity contribution >= 4 is 11.7 Å². The number of aliphatic carboxylic acids is 1. The lowest BCUT2D eigenvalue weighted by molar-refractivity contribution is -0.384. The summed E-state index contributed by atoms with van der Waals surface area (Å²) in [6.07, 6.45) is 3.15. The number of nitro benzene ring substituents is 1. The van der Waals surface area contributed by atoms with Gasteiger partial charge in [0.25, 0.3) is 5.69 Å². The van der Waals surface area contributed by atoms with Gasteiger partial charge in [0.15, 0.2) is 11.9 Å². The first-order valence-electron chi connectivity index (χ1n) is 6.45. The monoisotopic (exact) mass is 288 g/mol. The van der Waals surface area contributed by atoms with Crippen LogP contribution in [0.4, 0.5) is 5.69 Å². The molecule has 8 heteroatoms. The maximum Gasteiger partial charge on any atom is 0.328 e. The summed E-state index contributed by atoms with van der Waals surface area (Å²) in [7, 11) is 0. The maximum absolute atomic E-state index is 11.3. The molecule has 0 spiro atoms. The molecule has 1 saturated carbocycles. The molecule has 2 aromatic rings. The average molecular weight is 288 g/mol. The summed E-state index contributed by atoms with van der Waals surface area (Å²) in [5.74, 6) is -0.455. The fraction of sp³-hybridized carbons (Fsp3) is 0.308. The zero-order chi connectivity index (χ0) is 15.0. The lowest BCUT2D eigenvalue weighted by atomic mass is 10.2. The van der Waals surface area contributed by atoms with Crippen molar-refractivity contribution < 1.29 is 14.8 Å². The van der Waals surface area contributed by atoms with E-state index in [9.17, 15) is 20.0 Å². The van der Waals surface area contributed by atoms with Crippen molar-refractivity contribution in [2.75, 3.05) is 0 Å². The van der Waals surface area contributed by atoms with Crippen molar-refractivity contribution in [2.45, 2.75) is 18.9 Å². The number of nitro groups is 1. The molecule has 1 heterocycles. The van der Waals surface area contributed by atoms with Crippen molar-refractivity contribution in [3.05, 3.63) is 40.7 Å². The normalized spacial score (nSPS) is 15.6. The molecular formula is C13H12N4O4. The molecule has 8 nitrogen and oxygen atoms in total. The molecule has 108 valence electrons. The molecule has 0 saturated heterocycles. The van der Waals surface area contributed by atoms with Gasteiger partial charge < -0.3 is 5.11 Å². The van der Waals surface area contributed by atoms with Gasteiger partial charge in [-0.05, 0) is 30.9 Å². The minimum atomic E-state index is -0.919. The number of rotatable bonds is 5. The van der Waals surface area contributed by atoms with E-state index in [4.69, 9.17) is 0 Å². The number of hydrogen-bond donors (Lipinski definition) is 1. The molecule has 1 aromatic heterocycles. The number of benzene rings is 1. The molecule has 21 heavy (non-hydrogen) atoms. The van der Waals surface area contributed by atoms with Gasteiger partial charge in [0, 0.05) is 17.7 Å². The highest BCUT2D eigenvalue weighted by Crippen LogP contribution is 2.39. The Bertz CT molecular complexity index is 690. The van der Waals surface area contributed by atoms with E-state index in [0.29, 0.717) is 11.4 Å². The van der Waals surface area contributed by atoms with Crippen LogP contribution in [0.3, 0.4) is 0 Å². The topological polar surface area (TPSA) is 111 Å². The van der Waals surface area contributed by atoms with E-state index in [1.54, 1.807) is 12.1 Å². The Labute approximate surface area is 119 Å². The van der Waals surface area contributed by atoms with Crippen molar-refractivity contribution in [1.82, 2.24) is 14.8 Å². The van der Waals surface area contributed by atoms with Gasteiger partial charge in [-0.1, -0.05) is 0 Å². The summed E-state index contributed by atoms with van der Waals surface area (Å²) in [5, 5.41) is 24.0. The Morgan fingerprint density at radius 3 is 2.57 bits per heavy atom. The zero-order valence-corrected chi connectivity index (χ0v) is 10.9. The number of carbonyl (C=O) groups is 1. The first kappa shape index (κ1) is 13.2. The number of carboxylic acid groups (broad SMARTS) is 1. The second kappa shape index (κ2) is 4.97. The van der Waals surface area contributed by atoms with Crippen molar-refractivity contribution in [1.29, 1.82) is 0 Å². The van der Waals surface area contributed by atoms with Crippen LogP contribution >= 0.6 is 0 Å². The molecule has 0 amide bonds. The highest BCUT2D eigenvalue weighted by molar-refractivity contribution is 5.72. The molecule has 3 rings (SSSR count). The summed E-state index contributed by atoms with van der Waals surface area (Å²) in [5.41, 5.74) is 0.596. The van der Waals surface area contributed by atoms with Gasteiger partial charge in [-0.25, -0.2) is 14.5 Å².